The number of halogens is 3. The van der Waals surface area contributed by atoms with Gasteiger partial charge in [0, 0.05) is 37.0 Å². The number of benzene rings is 1. The zero-order valence-electron chi connectivity index (χ0n) is 16.1. The number of aromatic nitrogens is 1. The Hall–Kier alpha value is -2.95. The first-order valence-electron chi connectivity index (χ1n) is 9.17. The van der Waals surface area contributed by atoms with Crippen LogP contribution in [0.4, 0.5) is 13.2 Å². The van der Waals surface area contributed by atoms with E-state index in [1.54, 1.807) is 30.6 Å². The van der Waals surface area contributed by atoms with Crippen molar-refractivity contribution in [3.8, 4) is 11.5 Å². The Morgan fingerprint density at radius 1 is 1.23 bits per heavy atom. The molecule has 1 aromatic carbocycles. The molecule has 31 heavy (non-hydrogen) atoms. The van der Waals surface area contributed by atoms with Gasteiger partial charge in [0.1, 0.15) is 17.6 Å². The van der Waals surface area contributed by atoms with E-state index < -0.39 is 12.1 Å². The lowest BCUT2D eigenvalue weighted by atomic mass is 9.92. The summed E-state index contributed by atoms with van der Waals surface area (Å²) in [6.45, 7) is 1.47. The number of likely N-dealkylation sites (tertiary alicyclic amines) is 1. The molecule has 1 aromatic heterocycles. The number of aromatic hydroxyl groups is 1. The molecule has 2 aliphatic heterocycles. The Balaban J connectivity index is 0.000000339. The smallest absolute Gasteiger partial charge is 0.490 e. The summed E-state index contributed by atoms with van der Waals surface area (Å²) in [4.78, 5) is 27.3. The Bertz CT molecular complexity index is 936. The number of amides is 1. The Morgan fingerprint density at radius 3 is 2.52 bits per heavy atom. The van der Waals surface area contributed by atoms with Gasteiger partial charge in [-0.2, -0.15) is 13.2 Å². The molecular weight excluding hydrogens is 437 g/mol. The van der Waals surface area contributed by atoms with Crippen LogP contribution in [-0.2, 0) is 4.79 Å². The highest BCUT2D eigenvalue weighted by molar-refractivity contribution is 8.01. The minimum absolute atomic E-state index is 0.0197. The monoisotopic (exact) mass is 456 g/mol. The van der Waals surface area contributed by atoms with Crippen LogP contribution in [0.15, 0.2) is 48.8 Å². The molecule has 0 radical (unpaired) electrons. The van der Waals surface area contributed by atoms with Crippen LogP contribution in [0.3, 0.4) is 0 Å². The van der Waals surface area contributed by atoms with Crippen LogP contribution < -0.4 is 4.74 Å². The highest BCUT2D eigenvalue weighted by atomic mass is 32.2. The number of alkyl halides is 3. The number of rotatable bonds is 3. The van der Waals surface area contributed by atoms with Gasteiger partial charge < -0.3 is 19.8 Å². The van der Waals surface area contributed by atoms with E-state index >= 15 is 0 Å². The highest BCUT2D eigenvalue weighted by Crippen LogP contribution is 2.46. The van der Waals surface area contributed by atoms with E-state index in [0.717, 1.165) is 31.0 Å². The molecule has 2 fully saturated rings. The van der Waals surface area contributed by atoms with Crippen molar-refractivity contribution in [1.82, 2.24) is 9.88 Å². The molecule has 0 bridgehead atoms. The number of ether oxygens (including phenoxy) is 1. The van der Waals surface area contributed by atoms with Gasteiger partial charge in [-0.05, 0) is 30.3 Å². The van der Waals surface area contributed by atoms with Crippen molar-refractivity contribution in [2.75, 3.05) is 18.8 Å². The fraction of sp³-hybridized carbons (Fsp3) is 0.350. The molecule has 166 valence electrons. The van der Waals surface area contributed by atoms with E-state index in [2.05, 4.69) is 4.98 Å². The summed E-state index contributed by atoms with van der Waals surface area (Å²) in [5.74, 6) is -0.923. The number of nitrogens with zero attached hydrogens (tertiary/aromatic N) is 2. The van der Waals surface area contributed by atoms with Crippen molar-refractivity contribution < 1.29 is 37.7 Å². The van der Waals surface area contributed by atoms with E-state index in [1.807, 2.05) is 28.8 Å². The fourth-order valence-corrected chi connectivity index (χ4v) is 4.85. The van der Waals surface area contributed by atoms with Crippen LogP contribution in [0.1, 0.15) is 16.8 Å². The van der Waals surface area contributed by atoms with Gasteiger partial charge in [0.15, 0.2) is 0 Å². The third-order valence-electron chi connectivity index (χ3n) is 4.69. The predicted octanol–water partition coefficient (Wildman–Crippen LogP) is 3.20. The third-order valence-corrected chi connectivity index (χ3v) is 6.27. The quantitative estimate of drug-likeness (QED) is 0.732. The summed E-state index contributed by atoms with van der Waals surface area (Å²) in [6, 6.07) is 10.3. The summed E-state index contributed by atoms with van der Waals surface area (Å²) in [7, 11) is 0. The van der Waals surface area contributed by atoms with Gasteiger partial charge in [-0.1, -0.05) is 6.07 Å². The number of hydrogen-bond donors (Lipinski definition) is 2. The van der Waals surface area contributed by atoms with Crippen molar-refractivity contribution >= 4 is 23.6 Å². The van der Waals surface area contributed by atoms with Crippen LogP contribution in [-0.4, -0.2) is 67.8 Å². The molecule has 1 atom stereocenters. The molecule has 2 N–H and O–H groups in total. The topological polar surface area (TPSA) is 100.0 Å². The SMILES string of the molecule is O=C(O)C(F)(F)F.O=C(c1cccc(O)c1)N1CC2(CC(Oc3cccnc3)CS2)C1. The summed E-state index contributed by atoms with van der Waals surface area (Å²) < 4.78 is 37.8. The molecular formula is C20H19F3N2O5S. The largest absolute Gasteiger partial charge is 0.508 e. The van der Waals surface area contributed by atoms with Crippen molar-refractivity contribution in [2.24, 2.45) is 0 Å². The van der Waals surface area contributed by atoms with Crippen LogP contribution in [0.25, 0.3) is 0 Å². The Labute approximate surface area is 179 Å². The first-order valence-corrected chi connectivity index (χ1v) is 10.2. The number of carbonyl (C=O) groups is 2. The zero-order chi connectivity index (χ0) is 22.6. The Kier molecular flexibility index (Phi) is 6.63. The average molecular weight is 456 g/mol. The summed E-state index contributed by atoms with van der Waals surface area (Å²) >= 11 is 1.89. The zero-order valence-corrected chi connectivity index (χ0v) is 16.9. The molecule has 1 amide bonds. The van der Waals surface area contributed by atoms with Gasteiger partial charge in [0.2, 0.25) is 0 Å². The lowest BCUT2D eigenvalue weighted by Crippen LogP contribution is -2.60. The van der Waals surface area contributed by atoms with Crippen LogP contribution in [0.5, 0.6) is 11.5 Å². The molecule has 0 saturated carbocycles. The second-order valence-electron chi connectivity index (χ2n) is 7.14. The second-order valence-corrected chi connectivity index (χ2v) is 8.63. The average Bonchev–Trinajstić information content (AvgIpc) is 3.11. The number of phenols is 1. The van der Waals surface area contributed by atoms with Gasteiger partial charge in [-0.3, -0.25) is 9.78 Å². The number of thioether (sulfide) groups is 1. The minimum Gasteiger partial charge on any atom is -0.508 e. The molecule has 3 heterocycles. The van der Waals surface area contributed by atoms with Crippen LogP contribution in [0.2, 0.25) is 0 Å². The lowest BCUT2D eigenvalue weighted by Gasteiger charge is -2.47. The van der Waals surface area contributed by atoms with Crippen LogP contribution >= 0.6 is 11.8 Å². The predicted molar refractivity (Wildman–Crippen MR) is 106 cm³/mol. The second kappa shape index (κ2) is 9.04. The first-order chi connectivity index (χ1) is 14.6. The minimum atomic E-state index is -5.08. The third kappa shape index (κ3) is 5.81. The van der Waals surface area contributed by atoms with Crippen molar-refractivity contribution in [1.29, 1.82) is 0 Å². The van der Waals surface area contributed by atoms with Gasteiger partial charge >= 0.3 is 12.1 Å². The molecule has 7 nitrogen and oxygen atoms in total. The molecule has 11 heteroatoms. The van der Waals surface area contributed by atoms with E-state index in [4.69, 9.17) is 14.6 Å². The van der Waals surface area contributed by atoms with Gasteiger partial charge in [0.25, 0.3) is 5.91 Å². The summed E-state index contributed by atoms with van der Waals surface area (Å²) in [5, 5.41) is 16.6. The van der Waals surface area contributed by atoms with Crippen molar-refractivity contribution in [2.45, 2.75) is 23.4 Å². The summed E-state index contributed by atoms with van der Waals surface area (Å²) in [6.07, 6.45) is -0.517. The Morgan fingerprint density at radius 2 is 1.94 bits per heavy atom. The molecule has 1 unspecified atom stereocenters. The summed E-state index contributed by atoms with van der Waals surface area (Å²) in [5.41, 5.74) is 0.538. The van der Waals surface area contributed by atoms with Gasteiger partial charge in [-0.25, -0.2) is 4.79 Å². The van der Waals surface area contributed by atoms with Gasteiger partial charge in [0.05, 0.1) is 10.9 Å². The normalized spacial score (nSPS) is 19.2. The van der Waals surface area contributed by atoms with Crippen molar-refractivity contribution in [3.63, 3.8) is 0 Å². The number of phenolic OH excluding ortho intramolecular Hbond substituents is 1. The van der Waals surface area contributed by atoms with Gasteiger partial charge in [-0.15, -0.1) is 11.8 Å². The molecule has 1 spiro atoms. The molecule has 0 aliphatic carbocycles. The molecule has 2 aliphatic rings. The first kappa shape index (κ1) is 22.7. The van der Waals surface area contributed by atoms with Crippen molar-refractivity contribution in [3.05, 3.63) is 54.4 Å². The number of carbonyl (C=O) groups excluding carboxylic acids is 1. The molecule has 2 saturated heterocycles. The number of pyridine rings is 1. The van der Waals surface area contributed by atoms with Crippen LogP contribution in [0, 0.1) is 0 Å². The lowest BCUT2D eigenvalue weighted by molar-refractivity contribution is -0.192. The van der Waals surface area contributed by atoms with E-state index in [-0.39, 0.29) is 22.5 Å². The number of hydrogen-bond acceptors (Lipinski definition) is 6. The molecule has 4 rings (SSSR count). The number of carboxylic acid groups (broad SMARTS) is 1. The van der Waals surface area contributed by atoms with E-state index in [9.17, 15) is 23.1 Å². The molecule has 2 aromatic rings. The number of carboxylic acids is 1. The standard InChI is InChI=1S/C18H18N2O3S.C2HF3O2/c21-14-4-1-3-13(7-14)17(22)20-11-18(12-20)8-16(10-24-18)23-15-5-2-6-19-9-15;3-2(4,5)1(6)7/h1-7,9,16,21H,8,10-12H2;(H,6,7). The fourth-order valence-electron chi connectivity index (χ4n) is 3.32. The highest BCUT2D eigenvalue weighted by Gasteiger charge is 2.51. The maximum absolute atomic E-state index is 12.5. The number of aliphatic carboxylic acids is 1. The maximum Gasteiger partial charge on any atom is 0.490 e. The maximum atomic E-state index is 12.5. The van der Waals surface area contributed by atoms with E-state index in [0.29, 0.717) is 5.56 Å². The van der Waals surface area contributed by atoms with E-state index in [1.165, 1.54) is 6.07 Å².